The number of aromatic nitrogens is 2. The molecule has 0 aliphatic heterocycles. The monoisotopic (exact) mass is 256 g/mol. The highest BCUT2D eigenvalue weighted by molar-refractivity contribution is 5.94. The van der Waals surface area contributed by atoms with Crippen LogP contribution in [0.25, 0.3) is 0 Å². The topological polar surface area (TPSA) is 72.1 Å². The highest BCUT2D eigenvalue weighted by atomic mass is 16.2. The molecule has 19 heavy (non-hydrogen) atoms. The fourth-order valence-corrected chi connectivity index (χ4v) is 1.84. The highest BCUT2D eigenvalue weighted by Crippen LogP contribution is 2.11. The van der Waals surface area contributed by atoms with Crippen LogP contribution in [0.15, 0.2) is 36.5 Å². The number of hydrogen-bond acceptors (Lipinski definition) is 4. The molecule has 2 aromatic heterocycles. The van der Waals surface area contributed by atoms with Crippen LogP contribution >= 0.6 is 0 Å². The lowest BCUT2D eigenvalue weighted by Crippen LogP contribution is -2.26. The van der Waals surface area contributed by atoms with Crippen molar-refractivity contribution in [3.63, 3.8) is 0 Å². The minimum absolute atomic E-state index is 0.0946. The van der Waals surface area contributed by atoms with Gasteiger partial charge in [-0.1, -0.05) is 6.07 Å². The van der Waals surface area contributed by atoms with Crippen LogP contribution in [0.4, 0.5) is 5.82 Å². The Labute approximate surface area is 112 Å². The van der Waals surface area contributed by atoms with Gasteiger partial charge in [0, 0.05) is 24.5 Å². The van der Waals surface area contributed by atoms with Crippen LogP contribution in [0.3, 0.4) is 0 Å². The predicted octanol–water partition coefficient (Wildman–Crippen LogP) is 1.64. The van der Waals surface area contributed by atoms with E-state index in [1.165, 1.54) is 0 Å². The second-order valence-corrected chi connectivity index (χ2v) is 4.40. The minimum Gasteiger partial charge on any atom is -0.384 e. The van der Waals surface area contributed by atoms with Gasteiger partial charge in [0.05, 0.1) is 12.2 Å². The van der Waals surface area contributed by atoms with Crippen LogP contribution in [0.2, 0.25) is 0 Å². The summed E-state index contributed by atoms with van der Waals surface area (Å²) in [4.78, 5) is 22.1. The van der Waals surface area contributed by atoms with Gasteiger partial charge >= 0.3 is 0 Å². The third-order valence-electron chi connectivity index (χ3n) is 2.69. The zero-order valence-electron chi connectivity index (χ0n) is 11.0. The molecule has 0 radical (unpaired) electrons. The van der Waals surface area contributed by atoms with Crippen molar-refractivity contribution in [3.8, 4) is 0 Å². The van der Waals surface area contributed by atoms with Gasteiger partial charge in [-0.2, -0.15) is 0 Å². The third kappa shape index (κ3) is 3.28. The van der Waals surface area contributed by atoms with Crippen LogP contribution in [0, 0.1) is 6.92 Å². The molecular formula is C14H16N4O. The molecule has 0 aromatic carbocycles. The summed E-state index contributed by atoms with van der Waals surface area (Å²) in [6.45, 7) is 2.27. The summed E-state index contributed by atoms with van der Waals surface area (Å²) in [6.07, 6.45) is 1.71. The van der Waals surface area contributed by atoms with Crippen molar-refractivity contribution in [1.29, 1.82) is 0 Å². The maximum absolute atomic E-state index is 12.3. The number of nitrogen functional groups attached to an aromatic ring is 1. The molecular weight excluding hydrogens is 240 g/mol. The van der Waals surface area contributed by atoms with Crippen molar-refractivity contribution in [3.05, 3.63) is 53.5 Å². The number of anilines is 1. The Bertz CT molecular complexity index is 563. The number of nitrogens with two attached hydrogens (primary N) is 1. The van der Waals surface area contributed by atoms with Gasteiger partial charge in [-0.25, -0.2) is 4.98 Å². The molecule has 2 rings (SSSR count). The van der Waals surface area contributed by atoms with E-state index >= 15 is 0 Å². The van der Waals surface area contributed by atoms with Crippen LogP contribution < -0.4 is 5.73 Å². The first-order valence-corrected chi connectivity index (χ1v) is 5.96. The van der Waals surface area contributed by atoms with Gasteiger partial charge < -0.3 is 10.6 Å². The summed E-state index contributed by atoms with van der Waals surface area (Å²) in [5.41, 5.74) is 7.78. The van der Waals surface area contributed by atoms with Gasteiger partial charge in [0.2, 0.25) is 0 Å². The van der Waals surface area contributed by atoms with Crippen LogP contribution in [0.5, 0.6) is 0 Å². The van der Waals surface area contributed by atoms with Crippen molar-refractivity contribution in [2.75, 3.05) is 12.8 Å². The fourth-order valence-electron chi connectivity index (χ4n) is 1.84. The number of hydrogen-bond donors (Lipinski definition) is 1. The van der Waals surface area contributed by atoms with Crippen molar-refractivity contribution in [2.45, 2.75) is 13.5 Å². The molecule has 1 amide bonds. The van der Waals surface area contributed by atoms with Crippen LogP contribution in [-0.4, -0.2) is 27.8 Å². The molecule has 0 saturated heterocycles. The van der Waals surface area contributed by atoms with E-state index in [-0.39, 0.29) is 5.91 Å². The molecule has 5 nitrogen and oxygen atoms in total. The predicted molar refractivity (Wildman–Crippen MR) is 73.4 cm³/mol. The standard InChI is InChI=1S/C14H16N4O/c1-10-7-11(8-13(15)17-10)14(19)18(2)9-12-5-3-4-6-16-12/h3-8H,9H2,1-2H3,(H2,15,17). The Kier molecular flexibility index (Phi) is 3.75. The molecule has 2 N–H and O–H groups in total. The lowest BCUT2D eigenvalue weighted by molar-refractivity contribution is 0.0783. The maximum Gasteiger partial charge on any atom is 0.254 e. The minimum atomic E-state index is -0.0946. The summed E-state index contributed by atoms with van der Waals surface area (Å²) in [7, 11) is 1.74. The molecule has 0 fully saturated rings. The number of aryl methyl sites for hydroxylation is 1. The average molecular weight is 256 g/mol. The second-order valence-electron chi connectivity index (χ2n) is 4.40. The zero-order chi connectivity index (χ0) is 13.8. The molecule has 0 unspecified atom stereocenters. The quantitative estimate of drug-likeness (QED) is 0.906. The Morgan fingerprint density at radius 2 is 2.16 bits per heavy atom. The van der Waals surface area contributed by atoms with Gasteiger partial charge in [0.15, 0.2) is 0 Å². The zero-order valence-corrected chi connectivity index (χ0v) is 11.0. The number of nitrogens with zero attached hydrogens (tertiary/aromatic N) is 3. The first kappa shape index (κ1) is 13.0. The lowest BCUT2D eigenvalue weighted by atomic mass is 10.2. The summed E-state index contributed by atoms with van der Waals surface area (Å²) in [5, 5.41) is 0. The van der Waals surface area contributed by atoms with E-state index in [2.05, 4.69) is 9.97 Å². The first-order chi connectivity index (χ1) is 9.06. The van der Waals surface area contributed by atoms with Crippen molar-refractivity contribution in [2.24, 2.45) is 0 Å². The summed E-state index contributed by atoms with van der Waals surface area (Å²) >= 11 is 0. The van der Waals surface area contributed by atoms with Crippen molar-refractivity contribution < 1.29 is 4.79 Å². The van der Waals surface area contributed by atoms with Crippen molar-refractivity contribution >= 4 is 11.7 Å². The van der Waals surface area contributed by atoms with Gasteiger partial charge in [0.1, 0.15) is 5.82 Å². The van der Waals surface area contributed by atoms with Gasteiger partial charge in [-0.15, -0.1) is 0 Å². The SMILES string of the molecule is Cc1cc(C(=O)N(C)Cc2ccccn2)cc(N)n1. The molecule has 0 atom stereocenters. The maximum atomic E-state index is 12.3. The molecule has 0 bridgehead atoms. The number of carbonyl (C=O) groups is 1. The Morgan fingerprint density at radius 3 is 2.79 bits per heavy atom. The molecule has 98 valence electrons. The molecule has 2 heterocycles. The lowest BCUT2D eigenvalue weighted by Gasteiger charge is -2.17. The molecule has 0 saturated carbocycles. The third-order valence-corrected chi connectivity index (χ3v) is 2.69. The van der Waals surface area contributed by atoms with E-state index in [1.807, 2.05) is 25.1 Å². The van der Waals surface area contributed by atoms with E-state index in [9.17, 15) is 4.79 Å². The molecule has 0 aliphatic rings. The first-order valence-electron chi connectivity index (χ1n) is 5.96. The second kappa shape index (κ2) is 5.48. The summed E-state index contributed by atoms with van der Waals surface area (Å²) < 4.78 is 0. The average Bonchev–Trinajstić information content (AvgIpc) is 2.37. The number of pyridine rings is 2. The largest absolute Gasteiger partial charge is 0.384 e. The molecule has 0 spiro atoms. The Morgan fingerprint density at radius 1 is 1.37 bits per heavy atom. The van der Waals surface area contributed by atoms with E-state index in [0.717, 1.165) is 11.4 Å². The van der Waals surface area contributed by atoms with E-state index in [4.69, 9.17) is 5.73 Å². The Hall–Kier alpha value is -2.43. The number of carbonyl (C=O) groups excluding carboxylic acids is 1. The smallest absolute Gasteiger partial charge is 0.254 e. The van der Waals surface area contributed by atoms with E-state index in [0.29, 0.717) is 17.9 Å². The molecule has 2 aromatic rings. The van der Waals surface area contributed by atoms with E-state index < -0.39 is 0 Å². The van der Waals surface area contributed by atoms with Crippen LogP contribution in [0.1, 0.15) is 21.7 Å². The van der Waals surface area contributed by atoms with Crippen LogP contribution in [-0.2, 0) is 6.54 Å². The fraction of sp³-hybridized carbons (Fsp3) is 0.214. The van der Waals surface area contributed by atoms with Gasteiger partial charge in [-0.3, -0.25) is 9.78 Å². The van der Waals surface area contributed by atoms with Gasteiger partial charge in [0.25, 0.3) is 5.91 Å². The van der Waals surface area contributed by atoms with E-state index in [1.54, 1.807) is 30.3 Å². The molecule has 0 aliphatic carbocycles. The molecule has 5 heteroatoms. The number of amides is 1. The summed E-state index contributed by atoms with van der Waals surface area (Å²) in [6, 6.07) is 8.95. The normalized spacial score (nSPS) is 10.2. The number of rotatable bonds is 3. The summed E-state index contributed by atoms with van der Waals surface area (Å²) in [5.74, 6) is 0.262. The van der Waals surface area contributed by atoms with Gasteiger partial charge in [-0.05, 0) is 31.2 Å². The Balaban J connectivity index is 2.15. The highest BCUT2D eigenvalue weighted by Gasteiger charge is 2.13. The van der Waals surface area contributed by atoms with Crippen molar-refractivity contribution in [1.82, 2.24) is 14.9 Å².